The van der Waals surface area contributed by atoms with Crippen molar-refractivity contribution in [2.24, 2.45) is 0 Å². The predicted octanol–water partition coefficient (Wildman–Crippen LogP) is 3.55. The van der Waals surface area contributed by atoms with Crippen molar-refractivity contribution in [3.63, 3.8) is 0 Å². The zero-order valence-corrected chi connectivity index (χ0v) is 14.1. The molecule has 0 unspecified atom stereocenters. The first-order valence-electron chi connectivity index (χ1n) is 7.53. The molecule has 1 aromatic heterocycles. The molecule has 0 spiro atoms. The second-order valence-corrected chi connectivity index (χ2v) is 5.83. The van der Waals surface area contributed by atoms with Crippen LogP contribution in [-0.2, 0) is 6.42 Å². The van der Waals surface area contributed by atoms with E-state index in [1.165, 1.54) is 24.3 Å². The van der Waals surface area contributed by atoms with E-state index in [1.807, 2.05) is 18.2 Å². The number of benzene rings is 2. The van der Waals surface area contributed by atoms with Gasteiger partial charge in [0.2, 0.25) is 0 Å². The minimum absolute atomic E-state index is 0.264. The molecule has 0 radical (unpaired) electrons. The van der Waals surface area contributed by atoms with Gasteiger partial charge in [0.05, 0.1) is 34.0 Å². The number of ether oxygens (including phenoxy) is 1. The number of nitrogens with one attached hydrogen (secondary N) is 1. The van der Waals surface area contributed by atoms with E-state index in [9.17, 15) is 4.79 Å². The first-order chi connectivity index (χ1) is 12.6. The average Bonchev–Trinajstić information content (AvgIpc) is 2.66. The van der Waals surface area contributed by atoms with Gasteiger partial charge in [0.1, 0.15) is 11.5 Å². The molecule has 0 saturated heterocycles. The average molecular weight is 363 g/mol. The number of nitriles is 2. The standard InChI is InChI=1S/C19H11ClN4O2/c20-17-3-1-12(6-15-2-4-19(25)24-23-15)9-18(17)26-16-7-13(10-21)5-14(8-16)11-22/h1-5,7-9H,6H2,(H,24,25). The van der Waals surface area contributed by atoms with Gasteiger partial charge in [-0.2, -0.15) is 15.6 Å². The SMILES string of the molecule is N#Cc1cc(C#N)cc(Oc2cc(Cc3ccc(=O)[nH]n3)ccc2Cl)c1. The summed E-state index contributed by atoms with van der Waals surface area (Å²) in [6, 6.07) is 16.8. The molecule has 0 fully saturated rings. The molecule has 0 aliphatic carbocycles. The molecule has 0 saturated carbocycles. The van der Waals surface area contributed by atoms with Gasteiger partial charge in [-0.3, -0.25) is 4.79 Å². The van der Waals surface area contributed by atoms with E-state index in [2.05, 4.69) is 10.2 Å². The van der Waals surface area contributed by atoms with Crippen molar-refractivity contribution in [2.75, 3.05) is 0 Å². The number of halogens is 1. The van der Waals surface area contributed by atoms with E-state index in [1.54, 1.807) is 18.2 Å². The molecule has 0 atom stereocenters. The summed E-state index contributed by atoms with van der Waals surface area (Å²) >= 11 is 6.20. The summed E-state index contributed by atoms with van der Waals surface area (Å²) in [4.78, 5) is 11.1. The first kappa shape index (κ1) is 17.2. The number of aromatic nitrogens is 2. The van der Waals surface area contributed by atoms with Gasteiger partial charge in [-0.05, 0) is 42.0 Å². The van der Waals surface area contributed by atoms with Gasteiger partial charge >= 0.3 is 0 Å². The molecule has 2 aromatic carbocycles. The lowest BCUT2D eigenvalue weighted by atomic mass is 10.1. The van der Waals surface area contributed by atoms with Crippen LogP contribution in [0.25, 0.3) is 0 Å². The van der Waals surface area contributed by atoms with E-state index in [-0.39, 0.29) is 5.56 Å². The van der Waals surface area contributed by atoms with Gasteiger partial charge in [-0.15, -0.1) is 0 Å². The number of hydrogen-bond donors (Lipinski definition) is 1. The smallest absolute Gasteiger partial charge is 0.264 e. The van der Waals surface area contributed by atoms with Gasteiger partial charge in [0.25, 0.3) is 5.56 Å². The molecule has 3 aromatic rings. The second-order valence-electron chi connectivity index (χ2n) is 5.43. The summed E-state index contributed by atoms with van der Waals surface area (Å²) in [5, 5.41) is 24.9. The van der Waals surface area contributed by atoms with Crippen LogP contribution in [0.5, 0.6) is 11.5 Å². The highest BCUT2D eigenvalue weighted by molar-refractivity contribution is 6.32. The van der Waals surface area contributed by atoms with Crippen LogP contribution in [0.3, 0.4) is 0 Å². The van der Waals surface area contributed by atoms with Crippen molar-refractivity contribution in [2.45, 2.75) is 6.42 Å². The largest absolute Gasteiger partial charge is 0.456 e. The molecule has 1 N–H and O–H groups in total. The predicted molar refractivity (Wildman–Crippen MR) is 95.1 cm³/mol. The molecule has 0 aliphatic heterocycles. The quantitative estimate of drug-likeness (QED) is 0.764. The Morgan fingerprint density at radius 1 is 1.04 bits per heavy atom. The fourth-order valence-corrected chi connectivity index (χ4v) is 2.49. The Labute approximate surface area is 153 Å². The fraction of sp³-hybridized carbons (Fsp3) is 0.0526. The van der Waals surface area contributed by atoms with Gasteiger partial charge < -0.3 is 4.74 Å². The molecule has 6 nitrogen and oxygen atoms in total. The van der Waals surface area contributed by atoms with Crippen LogP contribution in [0.1, 0.15) is 22.4 Å². The molecule has 0 aliphatic rings. The fourth-order valence-electron chi connectivity index (χ4n) is 2.33. The third-order valence-electron chi connectivity index (χ3n) is 3.51. The normalized spacial score (nSPS) is 9.96. The van der Waals surface area contributed by atoms with E-state index in [4.69, 9.17) is 26.9 Å². The van der Waals surface area contributed by atoms with Gasteiger partial charge in [0.15, 0.2) is 0 Å². The number of rotatable bonds is 4. The molecule has 1 heterocycles. The van der Waals surface area contributed by atoms with Crippen molar-refractivity contribution in [1.82, 2.24) is 10.2 Å². The summed E-state index contributed by atoms with van der Waals surface area (Å²) in [5.41, 5.74) is 1.95. The molecule has 7 heteroatoms. The number of nitrogens with zero attached hydrogens (tertiary/aromatic N) is 3. The lowest BCUT2D eigenvalue weighted by Gasteiger charge is -2.10. The second kappa shape index (κ2) is 7.52. The Balaban J connectivity index is 1.89. The summed E-state index contributed by atoms with van der Waals surface area (Å²) in [5.74, 6) is 0.745. The van der Waals surface area contributed by atoms with Crippen molar-refractivity contribution in [3.05, 3.63) is 86.3 Å². The molecular weight excluding hydrogens is 352 g/mol. The molecule has 126 valence electrons. The van der Waals surface area contributed by atoms with Crippen LogP contribution in [-0.4, -0.2) is 10.2 Å². The van der Waals surface area contributed by atoms with Gasteiger partial charge in [0, 0.05) is 12.5 Å². The van der Waals surface area contributed by atoms with Crippen LogP contribution in [0.15, 0.2) is 53.3 Å². The van der Waals surface area contributed by atoms with Crippen molar-refractivity contribution in [1.29, 1.82) is 10.5 Å². The highest BCUT2D eigenvalue weighted by atomic mass is 35.5. The molecule has 0 bridgehead atoms. The maximum Gasteiger partial charge on any atom is 0.264 e. The topological polar surface area (TPSA) is 103 Å². The zero-order chi connectivity index (χ0) is 18.5. The Kier molecular flexibility index (Phi) is 4.98. The van der Waals surface area contributed by atoms with Crippen LogP contribution >= 0.6 is 11.6 Å². The summed E-state index contributed by atoms with van der Waals surface area (Å²) in [6.45, 7) is 0. The van der Waals surface area contributed by atoms with Crippen molar-refractivity contribution >= 4 is 11.6 Å². The van der Waals surface area contributed by atoms with E-state index >= 15 is 0 Å². The lowest BCUT2D eigenvalue weighted by Crippen LogP contribution is -2.07. The minimum Gasteiger partial charge on any atom is -0.456 e. The van der Waals surface area contributed by atoms with Crippen molar-refractivity contribution in [3.8, 4) is 23.6 Å². The van der Waals surface area contributed by atoms with E-state index in [0.717, 1.165) is 5.56 Å². The van der Waals surface area contributed by atoms with Gasteiger partial charge in [-0.1, -0.05) is 17.7 Å². The molecule has 26 heavy (non-hydrogen) atoms. The van der Waals surface area contributed by atoms with E-state index in [0.29, 0.717) is 39.8 Å². The summed E-state index contributed by atoms with van der Waals surface area (Å²) < 4.78 is 5.78. The van der Waals surface area contributed by atoms with Crippen LogP contribution in [0.4, 0.5) is 0 Å². The highest BCUT2D eigenvalue weighted by Gasteiger charge is 2.09. The zero-order valence-electron chi connectivity index (χ0n) is 13.4. The number of H-pyrrole nitrogens is 1. The van der Waals surface area contributed by atoms with E-state index < -0.39 is 0 Å². The molecular formula is C19H11ClN4O2. The maximum atomic E-state index is 11.1. The highest BCUT2D eigenvalue weighted by Crippen LogP contribution is 2.31. The van der Waals surface area contributed by atoms with Crippen LogP contribution < -0.4 is 10.3 Å². The number of aromatic amines is 1. The maximum absolute atomic E-state index is 11.1. The number of hydrogen-bond acceptors (Lipinski definition) is 5. The molecule has 3 rings (SSSR count). The Morgan fingerprint density at radius 2 is 1.77 bits per heavy atom. The molecule has 0 amide bonds. The minimum atomic E-state index is -0.264. The van der Waals surface area contributed by atoms with Gasteiger partial charge in [-0.25, -0.2) is 5.10 Å². The third-order valence-corrected chi connectivity index (χ3v) is 3.82. The Hall–Kier alpha value is -3.61. The monoisotopic (exact) mass is 362 g/mol. The van der Waals surface area contributed by atoms with Crippen LogP contribution in [0.2, 0.25) is 5.02 Å². The van der Waals surface area contributed by atoms with Crippen LogP contribution in [0, 0.1) is 22.7 Å². The summed E-state index contributed by atoms with van der Waals surface area (Å²) in [7, 11) is 0. The third kappa shape index (κ3) is 4.07. The van der Waals surface area contributed by atoms with Crippen molar-refractivity contribution < 1.29 is 4.74 Å². The Morgan fingerprint density at radius 3 is 2.38 bits per heavy atom. The Bertz CT molecular complexity index is 1060. The summed E-state index contributed by atoms with van der Waals surface area (Å²) in [6.07, 6.45) is 0.478. The lowest BCUT2D eigenvalue weighted by molar-refractivity contribution is 0.482. The first-order valence-corrected chi connectivity index (χ1v) is 7.91.